The SMILES string of the molecule is COC(=O)c1cc2c(cc1-c1ccccc1F)OCc1cc(OS(=O)(=O)C(F)(F)F)c(OC)cc1-2. The zero-order valence-electron chi connectivity index (χ0n) is 18.1. The van der Waals surface area contributed by atoms with Crippen LogP contribution in [0.25, 0.3) is 22.3 Å². The Labute approximate surface area is 196 Å². The molecule has 0 aliphatic carbocycles. The van der Waals surface area contributed by atoms with E-state index in [1.54, 1.807) is 6.07 Å². The second-order valence-corrected chi connectivity index (χ2v) is 8.84. The average molecular weight is 512 g/mol. The van der Waals surface area contributed by atoms with Gasteiger partial charge in [-0.05, 0) is 35.9 Å². The Bertz CT molecular complexity index is 1430. The minimum Gasteiger partial charge on any atom is -0.493 e. The molecule has 0 N–H and O–H groups in total. The molecule has 3 aromatic carbocycles. The van der Waals surface area contributed by atoms with Crippen LogP contribution in [0.1, 0.15) is 15.9 Å². The molecule has 0 bridgehead atoms. The number of fused-ring (bicyclic) bond motifs is 3. The van der Waals surface area contributed by atoms with Crippen LogP contribution in [0.5, 0.6) is 17.2 Å². The Balaban J connectivity index is 1.89. The molecule has 184 valence electrons. The summed E-state index contributed by atoms with van der Waals surface area (Å²) in [5, 5.41) is 0. The van der Waals surface area contributed by atoms with Crippen LogP contribution in [0.3, 0.4) is 0 Å². The fraction of sp³-hybridized carbons (Fsp3) is 0.174. The molecule has 0 unspecified atom stereocenters. The summed E-state index contributed by atoms with van der Waals surface area (Å²) in [6.45, 7) is -0.178. The lowest BCUT2D eigenvalue weighted by atomic mass is 9.90. The molecule has 1 heterocycles. The Morgan fingerprint density at radius 1 is 0.943 bits per heavy atom. The minimum atomic E-state index is -5.95. The predicted molar refractivity (Wildman–Crippen MR) is 115 cm³/mol. The predicted octanol–water partition coefficient (Wildman–Crippen LogP) is 5.08. The summed E-state index contributed by atoms with van der Waals surface area (Å²) in [6.07, 6.45) is 0. The van der Waals surface area contributed by atoms with E-state index in [0.29, 0.717) is 11.1 Å². The van der Waals surface area contributed by atoms with Crippen LogP contribution in [-0.4, -0.2) is 34.1 Å². The molecule has 1 aliphatic heterocycles. The Morgan fingerprint density at radius 2 is 1.66 bits per heavy atom. The van der Waals surface area contributed by atoms with Crippen LogP contribution < -0.4 is 13.7 Å². The third-order valence-corrected chi connectivity index (χ3v) is 6.20. The van der Waals surface area contributed by atoms with Crippen molar-refractivity contribution in [2.45, 2.75) is 12.1 Å². The summed E-state index contributed by atoms with van der Waals surface area (Å²) in [5.74, 6) is -2.08. The first-order valence-corrected chi connectivity index (χ1v) is 11.2. The van der Waals surface area contributed by atoms with E-state index in [1.807, 2.05) is 0 Å². The highest BCUT2D eigenvalue weighted by atomic mass is 32.2. The molecular formula is C23H16F4O7S. The molecule has 35 heavy (non-hydrogen) atoms. The van der Waals surface area contributed by atoms with Gasteiger partial charge < -0.3 is 18.4 Å². The van der Waals surface area contributed by atoms with Gasteiger partial charge in [-0.15, -0.1) is 0 Å². The van der Waals surface area contributed by atoms with Gasteiger partial charge in [0.15, 0.2) is 11.5 Å². The molecule has 0 amide bonds. The van der Waals surface area contributed by atoms with Crippen molar-refractivity contribution in [2.24, 2.45) is 0 Å². The lowest BCUT2D eigenvalue weighted by Crippen LogP contribution is -2.28. The molecule has 0 spiro atoms. The van der Waals surface area contributed by atoms with Gasteiger partial charge in [-0.1, -0.05) is 18.2 Å². The van der Waals surface area contributed by atoms with Crippen LogP contribution in [0.15, 0.2) is 48.5 Å². The van der Waals surface area contributed by atoms with Gasteiger partial charge in [0, 0.05) is 22.3 Å². The highest BCUT2D eigenvalue weighted by Crippen LogP contribution is 2.46. The minimum absolute atomic E-state index is 0.00624. The van der Waals surface area contributed by atoms with Crippen molar-refractivity contribution in [3.05, 3.63) is 65.5 Å². The zero-order valence-corrected chi connectivity index (χ0v) is 18.9. The monoisotopic (exact) mass is 512 g/mol. The molecule has 12 heteroatoms. The number of alkyl halides is 3. The quantitative estimate of drug-likeness (QED) is 0.204. The van der Waals surface area contributed by atoms with Crippen LogP contribution >= 0.6 is 0 Å². The summed E-state index contributed by atoms with van der Waals surface area (Å²) in [5.41, 5.74) is -4.33. The normalized spacial score (nSPS) is 12.7. The molecule has 3 aromatic rings. The molecule has 7 nitrogen and oxygen atoms in total. The fourth-order valence-electron chi connectivity index (χ4n) is 3.61. The molecule has 0 saturated carbocycles. The van der Waals surface area contributed by atoms with Crippen molar-refractivity contribution in [2.75, 3.05) is 14.2 Å². The summed E-state index contributed by atoms with van der Waals surface area (Å²) in [7, 11) is -3.67. The number of hydrogen-bond acceptors (Lipinski definition) is 7. The number of methoxy groups -OCH3 is 2. The molecule has 0 aromatic heterocycles. The molecule has 0 radical (unpaired) electrons. The summed E-state index contributed by atoms with van der Waals surface area (Å²) >= 11 is 0. The first-order valence-electron chi connectivity index (χ1n) is 9.83. The fourth-order valence-corrected chi connectivity index (χ4v) is 4.07. The first-order chi connectivity index (χ1) is 16.5. The lowest BCUT2D eigenvalue weighted by Gasteiger charge is -2.24. The van der Waals surface area contributed by atoms with Crippen LogP contribution in [-0.2, 0) is 21.5 Å². The number of benzene rings is 3. The van der Waals surface area contributed by atoms with E-state index in [2.05, 4.69) is 4.18 Å². The van der Waals surface area contributed by atoms with Crippen molar-refractivity contribution >= 4 is 16.1 Å². The summed E-state index contributed by atoms with van der Waals surface area (Å²) in [4.78, 5) is 12.5. The van der Waals surface area contributed by atoms with Gasteiger partial charge in [0.1, 0.15) is 18.2 Å². The van der Waals surface area contributed by atoms with Crippen molar-refractivity contribution in [1.82, 2.24) is 0 Å². The topological polar surface area (TPSA) is 88.1 Å². The second-order valence-electron chi connectivity index (χ2n) is 7.30. The third-order valence-electron chi connectivity index (χ3n) is 5.23. The standard InChI is InChI=1S/C23H16F4O7S/c1-31-20-9-14-12(7-21(20)34-35(29,30)23(25,26)27)11-33-19-10-15(13-5-3-4-6-18(13)24)17(8-16(14)19)22(28)32-2/h3-10H,11H2,1-2H3. The molecule has 0 fully saturated rings. The van der Waals surface area contributed by atoms with Gasteiger partial charge in [-0.25, -0.2) is 9.18 Å². The van der Waals surface area contributed by atoms with Crippen molar-refractivity contribution in [3.8, 4) is 39.5 Å². The average Bonchev–Trinajstić information content (AvgIpc) is 2.81. The highest BCUT2D eigenvalue weighted by Gasteiger charge is 2.49. The number of halogens is 4. The van der Waals surface area contributed by atoms with Gasteiger partial charge in [0.25, 0.3) is 0 Å². The van der Waals surface area contributed by atoms with Gasteiger partial charge >= 0.3 is 21.6 Å². The van der Waals surface area contributed by atoms with Gasteiger partial charge in [0.05, 0.1) is 19.8 Å². The van der Waals surface area contributed by atoms with Crippen LogP contribution in [0.2, 0.25) is 0 Å². The van der Waals surface area contributed by atoms with E-state index in [9.17, 15) is 30.8 Å². The summed E-state index contributed by atoms with van der Waals surface area (Å²) in [6, 6.07) is 11.0. The third kappa shape index (κ3) is 4.36. The van der Waals surface area contributed by atoms with E-state index < -0.39 is 33.2 Å². The number of esters is 1. The number of ether oxygens (including phenoxy) is 3. The first kappa shape index (κ1) is 24.3. The molecule has 4 rings (SSSR count). The van der Waals surface area contributed by atoms with Gasteiger partial charge in [0.2, 0.25) is 0 Å². The van der Waals surface area contributed by atoms with E-state index in [1.165, 1.54) is 36.4 Å². The van der Waals surface area contributed by atoms with Crippen LogP contribution in [0.4, 0.5) is 17.6 Å². The lowest BCUT2D eigenvalue weighted by molar-refractivity contribution is -0.0500. The maximum atomic E-state index is 14.5. The molecular weight excluding hydrogens is 496 g/mol. The Hall–Kier alpha value is -3.80. The number of carbonyl (C=O) groups excluding carboxylic acids is 1. The number of carbonyl (C=O) groups is 1. The summed E-state index contributed by atoms with van der Waals surface area (Å²) < 4.78 is 95.8. The van der Waals surface area contributed by atoms with Crippen LogP contribution in [0, 0.1) is 5.82 Å². The van der Waals surface area contributed by atoms with E-state index in [0.717, 1.165) is 20.3 Å². The van der Waals surface area contributed by atoms with E-state index in [4.69, 9.17) is 14.2 Å². The maximum Gasteiger partial charge on any atom is 0.534 e. The molecule has 0 atom stereocenters. The van der Waals surface area contributed by atoms with E-state index in [-0.39, 0.29) is 40.4 Å². The van der Waals surface area contributed by atoms with Gasteiger partial charge in [-0.2, -0.15) is 21.6 Å². The Morgan fingerprint density at radius 3 is 2.29 bits per heavy atom. The van der Waals surface area contributed by atoms with Crippen molar-refractivity contribution < 1.29 is 49.2 Å². The largest absolute Gasteiger partial charge is 0.534 e. The zero-order chi connectivity index (χ0) is 25.5. The maximum absolute atomic E-state index is 14.5. The van der Waals surface area contributed by atoms with E-state index >= 15 is 0 Å². The molecule has 1 aliphatic rings. The number of rotatable bonds is 5. The van der Waals surface area contributed by atoms with Crippen molar-refractivity contribution in [1.29, 1.82) is 0 Å². The highest BCUT2D eigenvalue weighted by molar-refractivity contribution is 7.88. The Kier molecular flexibility index (Phi) is 6.09. The second kappa shape index (κ2) is 8.77. The number of hydrogen-bond donors (Lipinski definition) is 0. The van der Waals surface area contributed by atoms with Crippen molar-refractivity contribution in [3.63, 3.8) is 0 Å². The van der Waals surface area contributed by atoms with Gasteiger partial charge in [-0.3, -0.25) is 0 Å². The smallest absolute Gasteiger partial charge is 0.493 e. The molecule has 0 saturated heterocycles.